The SMILES string of the molecule is C#C[C@@]1(C)[C@@H](COC(Cc2ccc(N3CCC[C@H]3C(C)=O)cc2)(C(C)=O)C(=O)OCC)OC(OC(C)=O)[C@@H]1OC(C)=O. The minimum absolute atomic E-state index is 0.00259. The van der Waals surface area contributed by atoms with Crippen LogP contribution >= 0.6 is 0 Å². The number of carbonyl (C=O) groups is 5. The second-order valence-corrected chi connectivity index (χ2v) is 10.8. The number of esters is 3. The Hall–Kier alpha value is -3.75. The fourth-order valence-electron chi connectivity index (χ4n) is 5.45. The average Bonchev–Trinajstić information content (AvgIpc) is 3.51. The molecule has 3 rings (SSSR count). The van der Waals surface area contributed by atoms with E-state index in [4.69, 9.17) is 30.1 Å². The lowest BCUT2D eigenvalue weighted by molar-refractivity contribution is -0.201. The Morgan fingerprint density at radius 1 is 1.07 bits per heavy atom. The van der Waals surface area contributed by atoms with E-state index < -0.39 is 53.2 Å². The monoisotopic (exact) mass is 585 g/mol. The highest BCUT2D eigenvalue weighted by atomic mass is 16.7. The Balaban J connectivity index is 1.90. The lowest BCUT2D eigenvalue weighted by atomic mass is 9.81. The minimum atomic E-state index is -2.05. The number of terminal acetylenes is 1. The summed E-state index contributed by atoms with van der Waals surface area (Å²) < 4.78 is 27.8. The third kappa shape index (κ3) is 6.82. The fraction of sp³-hybridized carbons (Fsp3) is 0.581. The van der Waals surface area contributed by atoms with Gasteiger partial charge in [-0.05, 0) is 58.2 Å². The topological polar surface area (TPSA) is 135 Å². The molecule has 2 aliphatic rings. The molecule has 2 fully saturated rings. The highest BCUT2D eigenvalue weighted by molar-refractivity contribution is 6.06. The summed E-state index contributed by atoms with van der Waals surface area (Å²) in [4.78, 5) is 64.1. The van der Waals surface area contributed by atoms with Gasteiger partial charge < -0.3 is 28.6 Å². The lowest BCUT2D eigenvalue weighted by Gasteiger charge is -2.33. The molecule has 2 saturated heterocycles. The molecule has 2 unspecified atom stereocenters. The first-order valence-electron chi connectivity index (χ1n) is 13.9. The predicted octanol–water partition coefficient (Wildman–Crippen LogP) is 2.55. The van der Waals surface area contributed by atoms with Crippen molar-refractivity contribution in [3.8, 4) is 12.3 Å². The average molecular weight is 586 g/mol. The summed E-state index contributed by atoms with van der Waals surface area (Å²) in [5.41, 5.74) is -1.92. The third-order valence-corrected chi connectivity index (χ3v) is 7.79. The maximum Gasteiger partial charge on any atom is 0.346 e. The van der Waals surface area contributed by atoms with Crippen LogP contribution in [0.4, 0.5) is 5.69 Å². The molecule has 0 amide bonds. The van der Waals surface area contributed by atoms with Crippen molar-refractivity contribution in [1.82, 2.24) is 0 Å². The van der Waals surface area contributed by atoms with Crippen LogP contribution in [0.5, 0.6) is 0 Å². The van der Waals surface area contributed by atoms with Crippen molar-refractivity contribution in [3.63, 3.8) is 0 Å². The van der Waals surface area contributed by atoms with Crippen molar-refractivity contribution < 1.29 is 47.7 Å². The van der Waals surface area contributed by atoms with Gasteiger partial charge in [0.25, 0.3) is 0 Å². The predicted molar refractivity (Wildman–Crippen MR) is 150 cm³/mol. The van der Waals surface area contributed by atoms with E-state index in [1.165, 1.54) is 20.8 Å². The van der Waals surface area contributed by atoms with Crippen molar-refractivity contribution in [1.29, 1.82) is 0 Å². The van der Waals surface area contributed by atoms with Gasteiger partial charge in [0.05, 0.1) is 24.7 Å². The number of hydrogen-bond donors (Lipinski definition) is 0. The number of hydrogen-bond acceptors (Lipinski definition) is 11. The molecule has 6 atom stereocenters. The van der Waals surface area contributed by atoms with E-state index in [0.717, 1.165) is 25.1 Å². The van der Waals surface area contributed by atoms with Crippen molar-refractivity contribution in [2.45, 2.75) is 90.9 Å². The van der Waals surface area contributed by atoms with E-state index in [2.05, 4.69) is 5.92 Å². The van der Waals surface area contributed by atoms with Gasteiger partial charge in [0.2, 0.25) is 11.9 Å². The van der Waals surface area contributed by atoms with E-state index in [-0.39, 0.29) is 31.5 Å². The first kappa shape index (κ1) is 32.8. The molecule has 1 aromatic carbocycles. The molecule has 2 aliphatic heterocycles. The van der Waals surface area contributed by atoms with Crippen LogP contribution in [0.1, 0.15) is 59.9 Å². The van der Waals surface area contributed by atoms with E-state index in [9.17, 15) is 24.0 Å². The smallest absolute Gasteiger partial charge is 0.346 e. The maximum absolute atomic E-state index is 13.3. The van der Waals surface area contributed by atoms with Crippen LogP contribution < -0.4 is 4.90 Å². The summed E-state index contributed by atoms with van der Waals surface area (Å²) in [5, 5.41) is 0. The Morgan fingerprint density at radius 3 is 2.24 bits per heavy atom. The first-order valence-corrected chi connectivity index (χ1v) is 13.9. The normalized spacial score (nSPS) is 26.5. The van der Waals surface area contributed by atoms with E-state index >= 15 is 0 Å². The Labute approximate surface area is 246 Å². The molecule has 0 spiro atoms. The highest BCUT2D eigenvalue weighted by Crippen LogP contribution is 2.42. The molecule has 1 aromatic rings. The first-order chi connectivity index (χ1) is 19.8. The van der Waals surface area contributed by atoms with E-state index in [1.807, 2.05) is 17.0 Å². The van der Waals surface area contributed by atoms with Gasteiger partial charge in [-0.3, -0.25) is 19.2 Å². The molecule has 11 nitrogen and oxygen atoms in total. The maximum atomic E-state index is 13.3. The Bertz CT molecular complexity index is 1240. The minimum Gasteiger partial charge on any atom is -0.463 e. The molecule has 0 radical (unpaired) electrons. The molecular formula is C31H39NO10. The number of anilines is 1. The number of Topliss-reactive ketones (excluding diaryl/α,β-unsaturated/α-hetero) is 2. The molecule has 0 aromatic heterocycles. The van der Waals surface area contributed by atoms with Gasteiger partial charge in [-0.15, -0.1) is 6.42 Å². The van der Waals surface area contributed by atoms with Crippen molar-refractivity contribution in [3.05, 3.63) is 29.8 Å². The van der Waals surface area contributed by atoms with Gasteiger partial charge in [-0.1, -0.05) is 18.1 Å². The molecule has 0 N–H and O–H groups in total. The van der Waals surface area contributed by atoms with Crippen LogP contribution in [-0.4, -0.2) is 79.4 Å². The molecule has 0 aliphatic carbocycles. The fourth-order valence-corrected chi connectivity index (χ4v) is 5.45. The molecule has 42 heavy (non-hydrogen) atoms. The summed E-state index contributed by atoms with van der Waals surface area (Å²) in [6, 6.07) is 7.05. The molecule has 0 saturated carbocycles. The zero-order chi connectivity index (χ0) is 31.2. The van der Waals surface area contributed by atoms with E-state index in [1.54, 1.807) is 32.9 Å². The molecule has 2 heterocycles. The number of carbonyl (C=O) groups excluding carboxylic acids is 5. The van der Waals surface area contributed by atoms with Gasteiger partial charge in [-0.2, -0.15) is 0 Å². The third-order valence-electron chi connectivity index (χ3n) is 7.79. The number of ketones is 2. The van der Waals surface area contributed by atoms with Crippen LogP contribution in [0.3, 0.4) is 0 Å². The molecular weight excluding hydrogens is 546 g/mol. The van der Waals surface area contributed by atoms with Gasteiger partial charge in [0, 0.05) is 32.5 Å². The largest absolute Gasteiger partial charge is 0.463 e. The Kier molecular flexibility index (Phi) is 10.5. The number of rotatable bonds is 12. The summed E-state index contributed by atoms with van der Waals surface area (Å²) >= 11 is 0. The number of nitrogens with zero attached hydrogens (tertiary/aromatic N) is 1. The summed E-state index contributed by atoms with van der Waals surface area (Å²) in [7, 11) is 0. The van der Waals surface area contributed by atoms with E-state index in [0.29, 0.717) is 5.56 Å². The summed E-state index contributed by atoms with van der Waals surface area (Å²) in [6.45, 7) is 8.72. The van der Waals surface area contributed by atoms with Gasteiger partial charge in [-0.25, -0.2) is 4.79 Å². The van der Waals surface area contributed by atoms with Crippen LogP contribution in [0.25, 0.3) is 0 Å². The summed E-state index contributed by atoms with van der Waals surface area (Å²) in [5.74, 6) is -0.177. The summed E-state index contributed by atoms with van der Waals surface area (Å²) in [6.07, 6.45) is 3.86. The standard InChI is InChI=1S/C31H39NO10/c1-8-30(7)26(42-28(41-22(6)36)27(30)40-21(5)35)18-39-31(20(4)34,29(37)38-9-2)17-23-12-14-24(15-13-23)32-16-10-11-25(32)19(3)33/h1,12-15,25-28H,9-11,16-18H2,2-7H3/t25-,26+,27-,28?,30-,31?/m0/s1. The zero-order valence-corrected chi connectivity index (χ0v) is 25.0. The zero-order valence-electron chi connectivity index (χ0n) is 25.0. The van der Waals surface area contributed by atoms with Crippen LogP contribution in [0, 0.1) is 17.8 Å². The second kappa shape index (κ2) is 13.5. The molecule has 228 valence electrons. The lowest BCUT2D eigenvalue weighted by Crippen LogP contribution is -2.53. The van der Waals surface area contributed by atoms with Crippen molar-refractivity contribution >= 4 is 35.2 Å². The highest BCUT2D eigenvalue weighted by Gasteiger charge is 2.58. The van der Waals surface area contributed by atoms with Crippen molar-refractivity contribution in [2.75, 3.05) is 24.7 Å². The Morgan fingerprint density at radius 2 is 1.71 bits per heavy atom. The van der Waals surface area contributed by atoms with Crippen LogP contribution in [0.15, 0.2) is 24.3 Å². The van der Waals surface area contributed by atoms with Crippen molar-refractivity contribution in [2.24, 2.45) is 5.41 Å². The van der Waals surface area contributed by atoms with Crippen LogP contribution in [0.2, 0.25) is 0 Å². The van der Waals surface area contributed by atoms with Crippen LogP contribution in [-0.2, 0) is 54.1 Å². The quantitative estimate of drug-likeness (QED) is 0.155. The van der Waals surface area contributed by atoms with Gasteiger partial charge in [0.15, 0.2) is 17.7 Å². The molecule has 0 bridgehead atoms. The number of ether oxygens (including phenoxy) is 5. The molecule has 11 heteroatoms. The van der Waals surface area contributed by atoms with Gasteiger partial charge in [0.1, 0.15) is 6.10 Å². The van der Waals surface area contributed by atoms with Gasteiger partial charge >= 0.3 is 17.9 Å². The second-order valence-electron chi connectivity index (χ2n) is 10.8. The number of benzene rings is 1.